The highest BCUT2D eigenvalue weighted by atomic mass is 79.9. The molecule has 2 rings (SSSR count). The van der Waals surface area contributed by atoms with E-state index >= 15 is 0 Å². The smallest absolute Gasteiger partial charge is 0.227 e. The largest absolute Gasteiger partial charge is 0.493 e. The lowest BCUT2D eigenvalue weighted by atomic mass is 10.2. The van der Waals surface area contributed by atoms with E-state index in [1.54, 1.807) is 7.11 Å². The average Bonchev–Trinajstić information content (AvgIpc) is 2.99. The maximum atomic E-state index is 5.57. The van der Waals surface area contributed by atoms with Crippen LogP contribution in [-0.2, 0) is 13.0 Å². The van der Waals surface area contributed by atoms with E-state index in [2.05, 4.69) is 31.4 Å². The van der Waals surface area contributed by atoms with E-state index in [1.807, 2.05) is 19.1 Å². The number of rotatable bonds is 8. The van der Waals surface area contributed by atoms with Crippen molar-refractivity contribution in [3.63, 3.8) is 0 Å². The number of benzene rings is 1. The molecule has 2 aromatic rings. The van der Waals surface area contributed by atoms with Gasteiger partial charge in [0, 0.05) is 19.5 Å². The predicted octanol–water partition coefficient (Wildman–Crippen LogP) is 2.57. The van der Waals surface area contributed by atoms with Gasteiger partial charge < -0.3 is 19.3 Å². The summed E-state index contributed by atoms with van der Waals surface area (Å²) in [5, 5.41) is 6.89. The van der Waals surface area contributed by atoms with Crippen LogP contribution in [0.5, 0.6) is 11.5 Å². The number of halogens is 1. The molecule has 1 N–H and O–H groups in total. The van der Waals surface area contributed by atoms with E-state index in [0.29, 0.717) is 18.9 Å². The molecular formula is C14H18BrN3O3. The first-order chi connectivity index (χ1) is 10.2. The second-order valence-corrected chi connectivity index (χ2v) is 5.16. The van der Waals surface area contributed by atoms with Crippen LogP contribution in [0.1, 0.15) is 18.4 Å². The standard InChI is InChI=1S/C14H18BrN3O3/c1-3-20-14-11(15)6-10(7-12(14)19-2)8-16-5-4-13-17-9-18-21-13/h6-7,9,16H,3-5,8H2,1-2H3. The van der Waals surface area contributed by atoms with Crippen molar-refractivity contribution in [2.24, 2.45) is 0 Å². The average molecular weight is 356 g/mol. The van der Waals surface area contributed by atoms with Crippen molar-refractivity contribution >= 4 is 15.9 Å². The Morgan fingerprint density at radius 1 is 1.38 bits per heavy atom. The van der Waals surface area contributed by atoms with Crippen molar-refractivity contribution in [1.29, 1.82) is 0 Å². The fourth-order valence-electron chi connectivity index (χ4n) is 1.89. The van der Waals surface area contributed by atoms with Gasteiger partial charge in [-0.05, 0) is 40.5 Å². The van der Waals surface area contributed by atoms with E-state index < -0.39 is 0 Å². The van der Waals surface area contributed by atoms with Gasteiger partial charge in [0.05, 0.1) is 18.2 Å². The van der Waals surface area contributed by atoms with Gasteiger partial charge in [0.15, 0.2) is 17.8 Å². The first-order valence-corrected chi connectivity index (χ1v) is 7.49. The van der Waals surface area contributed by atoms with Crippen LogP contribution in [0.3, 0.4) is 0 Å². The molecule has 21 heavy (non-hydrogen) atoms. The Hall–Kier alpha value is -1.60. The molecule has 1 heterocycles. The van der Waals surface area contributed by atoms with Gasteiger partial charge in [-0.3, -0.25) is 0 Å². The fourth-order valence-corrected chi connectivity index (χ4v) is 2.50. The Bertz CT molecular complexity index is 561. The summed E-state index contributed by atoms with van der Waals surface area (Å²) in [6.45, 7) is 4.01. The molecule has 0 spiro atoms. The van der Waals surface area contributed by atoms with E-state index in [-0.39, 0.29) is 0 Å². The van der Waals surface area contributed by atoms with Crippen molar-refractivity contribution in [1.82, 2.24) is 15.5 Å². The minimum absolute atomic E-state index is 0.594. The van der Waals surface area contributed by atoms with Crippen molar-refractivity contribution < 1.29 is 14.0 Å². The van der Waals surface area contributed by atoms with Crippen LogP contribution in [0.25, 0.3) is 0 Å². The number of nitrogens with zero attached hydrogens (tertiary/aromatic N) is 2. The summed E-state index contributed by atoms with van der Waals surface area (Å²) in [4.78, 5) is 3.97. The Labute approximate surface area is 132 Å². The fraction of sp³-hybridized carbons (Fsp3) is 0.429. The number of hydrogen-bond acceptors (Lipinski definition) is 6. The maximum absolute atomic E-state index is 5.57. The lowest BCUT2D eigenvalue weighted by Crippen LogP contribution is -2.17. The topological polar surface area (TPSA) is 69.4 Å². The summed E-state index contributed by atoms with van der Waals surface area (Å²) in [6.07, 6.45) is 2.11. The highest BCUT2D eigenvalue weighted by molar-refractivity contribution is 9.10. The lowest BCUT2D eigenvalue weighted by molar-refractivity contribution is 0.308. The summed E-state index contributed by atoms with van der Waals surface area (Å²) < 4.78 is 16.8. The summed E-state index contributed by atoms with van der Waals surface area (Å²) in [6, 6.07) is 3.99. The number of methoxy groups -OCH3 is 1. The Morgan fingerprint density at radius 3 is 2.90 bits per heavy atom. The number of ether oxygens (including phenoxy) is 2. The summed E-state index contributed by atoms with van der Waals surface area (Å²) in [5.74, 6) is 2.09. The van der Waals surface area contributed by atoms with Gasteiger partial charge in [0.25, 0.3) is 0 Å². The van der Waals surface area contributed by atoms with Crippen molar-refractivity contribution in [2.75, 3.05) is 20.3 Å². The van der Waals surface area contributed by atoms with Gasteiger partial charge in [-0.25, -0.2) is 0 Å². The summed E-state index contributed by atoms with van der Waals surface area (Å²) in [5.41, 5.74) is 1.10. The van der Waals surface area contributed by atoms with E-state index in [0.717, 1.165) is 34.6 Å². The second kappa shape index (κ2) is 7.99. The van der Waals surface area contributed by atoms with Crippen LogP contribution < -0.4 is 14.8 Å². The van der Waals surface area contributed by atoms with Crippen LogP contribution >= 0.6 is 15.9 Å². The molecule has 0 saturated heterocycles. The third kappa shape index (κ3) is 4.44. The van der Waals surface area contributed by atoms with E-state index in [9.17, 15) is 0 Å². The van der Waals surface area contributed by atoms with Crippen LogP contribution in [0.15, 0.2) is 27.5 Å². The SMILES string of the molecule is CCOc1c(Br)cc(CNCCc2ncno2)cc1OC. The van der Waals surface area contributed by atoms with Gasteiger partial charge >= 0.3 is 0 Å². The monoisotopic (exact) mass is 355 g/mol. The lowest BCUT2D eigenvalue weighted by Gasteiger charge is -2.13. The normalized spacial score (nSPS) is 10.6. The molecule has 114 valence electrons. The third-order valence-corrected chi connectivity index (χ3v) is 3.42. The van der Waals surface area contributed by atoms with E-state index in [4.69, 9.17) is 14.0 Å². The van der Waals surface area contributed by atoms with Crippen LogP contribution in [0.4, 0.5) is 0 Å². The van der Waals surface area contributed by atoms with E-state index in [1.165, 1.54) is 6.33 Å². The van der Waals surface area contributed by atoms with Crippen molar-refractivity contribution in [3.05, 3.63) is 34.4 Å². The minimum Gasteiger partial charge on any atom is -0.493 e. The molecule has 0 atom stereocenters. The zero-order valence-electron chi connectivity index (χ0n) is 12.1. The molecular weight excluding hydrogens is 338 g/mol. The van der Waals surface area contributed by atoms with Gasteiger partial charge in [-0.1, -0.05) is 5.16 Å². The Kier molecular flexibility index (Phi) is 6.01. The molecule has 0 radical (unpaired) electrons. The highest BCUT2D eigenvalue weighted by Crippen LogP contribution is 2.36. The first kappa shape index (κ1) is 15.8. The Morgan fingerprint density at radius 2 is 2.24 bits per heavy atom. The molecule has 0 amide bonds. The van der Waals surface area contributed by atoms with Gasteiger partial charge in [-0.2, -0.15) is 4.98 Å². The quantitative estimate of drug-likeness (QED) is 0.734. The van der Waals surface area contributed by atoms with Gasteiger partial charge in [0.1, 0.15) is 0 Å². The van der Waals surface area contributed by atoms with Crippen LogP contribution in [0, 0.1) is 0 Å². The van der Waals surface area contributed by atoms with Crippen LogP contribution in [-0.4, -0.2) is 30.4 Å². The van der Waals surface area contributed by atoms with Gasteiger partial charge in [-0.15, -0.1) is 0 Å². The molecule has 0 bridgehead atoms. The predicted molar refractivity (Wildman–Crippen MR) is 81.6 cm³/mol. The number of hydrogen-bond donors (Lipinski definition) is 1. The molecule has 1 aromatic heterocycles. The van der Waals surface area contributed by atoms with Crippen molar-refractivity contribution in [3.8, 4) is 11.5 Å². The van der Waals surface area contributed by atoms with Crippen molar-refractivity contribution in [2.45, 2.75) is 19.9 Å². The zero-order chi connectivity index (χ0) is 15.1. The molecule has 0 unspecified atom stereocenters. The summed E-state index contributed by atoms with van der Waals surface area (Å²) >= 11 is 3.51. The molecule has 0 aliphatic carbocycles. The molecule has 1 aromatic carbocycles. The van der Waals surface area contributed by atoms with Crippen LogP contribution in [0.2, 0.25) is 0 Å². The Balaban J connectivity index is 1.92. The maximum Gasteiger partial charge on any atom is 0.227 e. The number of aromatic nitrogens is 2. The first-order valence-electron chi connectivity index (χ1n) is 6.70. The minimum atomic E-state index is 0.594. The highest BCUT2D eigenvalue weighted by Gasteiger charge is 2.11. The summed E-state index contributed by atoms with van der Waals surface area (Å²) in [7, 11) is 1.64. The molecule has 0 aliphatic heterocycles. The molecule has 7 heteroatoms. The van der Waals surface area contributed by atoms with Gasteiger partial charge in [0.2, 0.25) is 5.89 Å². The number of nitrogens with one attached hydrogen (secondary N) is 1. The molecule has 6 nitrogen and oxygen atoms in total. The second-order valence-electron chi connectivity index (χ2n) is 4.30. The zero-order valence-corrected chi connectivity index (χ0v) is 13.6. The molecule has 0 aliphatic rings. The third-order valence-electron chi connectivity index (χ3n) is 2.83. The molecule has 0 saturated carbocycles. The molecule has 0 fully saturated rings.